The average molecular weight is 368 g/mol. The molecule has 0 atom stereocenters. The molecule has 0 aliphatic carbocycles. The highest BCUT2D eigenvalue weighted by molar-refractivity contribution is 5.98. The molecule has 1 N–H and O–H groups in total. The molecule has 0 spiro atoms. The van der Waals surface area contributed by atoms with Crippen molar-refractivity contribution < 1.29 is 32.3 Å². The van der Waals surface area contributed by atoms with Crippen molar-refractivity contribution in [1.82, 2.24) is 4.57 Å². The van der Waals surface area contributed by atoms with Gasteiger partial charge in [0.25, 0.3) is 5.91 Å². The van der Waals surface area contributed by atoms with Crippen LogP contribution in [0.4, 0.5) is 18.9 Å². The van der Waals surface area contributed by atoms with Crippen LogP contribution in [0.1, 0.15) is 33.3 Å². The zero-order chi connectivity index (χ0) is 19.5. The van der Waals surface area contributed by atoms with E-state index in [1.54, 1.807) is 0 Å². The molecule has 0 radical (unpaired) electrons. The smallest absolute Gasteiger partial charge is 0.416 e. The second-order valence-corrected chi connectivity index (χ2v) is 5.48. The lowest BCUT2D eigenvalue weighted by Crippen LogP contribution is -2.22. The summed E-state index contributed by atoms with van der Waals surface area (Å²) < 4.78 is 44.1. The van der Waals surface area contributed by atoms with Crippen LogP contribution in [0, 0.1) is 0 Å². The van der Waals surface area contributed by atoms with E-state index in [0.29, 0.717) is 5.56 Å². The van der Waals surface area contributed by atoms with Gasteiger partial charge in [-0.3, -0.25) is 9.59 Å². The number of benzene rings is 1. The van der Waals surface area contributed by atoms with E-state index in [9.17, 15) is 27.6 Å². The number of ketones is 1. The lowest BCUT2D eigenvalue weighted by atomic mass is 10.2. The van der Waals surface area contributed by atoms with Crippen molar-refractivity contribution in [2.75, 3.05) is 11.9 Å². The molecule has 0 saturated heterocycles. The Morgan fingerprint density at radius 3 is 2.46 bits per heavy atom. The van der Waals surface area contributed by atoms with Gasteiger partial charge in [-0.15, -0.1) is 0 Å². The second kappa shape index (κ2) is 7.42. The van der Waals surface area contributed by atoms with Gasteiger partial charge in [-0.25, -0.2) is 4.79 Å². The Labute approximate surface area is 146 Å². The minimum atomic E-state index is -4.53. The number of nitrogens with one attached hydrogen (secondary N) is 1. The van der Waals surface area contributed by atoms with E-state index >= 15 is 0 Å². The zero-order valence-electron chi connectivity index (χ0n) is 13.9. The van der Waals surface area contributed by atoms with Crippen molar-refractivity contribution in [2.45, 2.75) is 13.1 Å². The molecule has 0 aliphatic heterocycles. The summed E-state index contributed by atoms with van der Waals surface area (Å²) >= 11 is 0. The van der Waals surface area contributed by atoms with Crippen LogP contribution in [0.2, 0.25) is 0 Å². The summed E-state index contributed by atoms with van der Waals surface area (Å²) in [4.78, 5) is 35.0. The molecule has 0 unspecified atom stereocenters. The van der Waals surface area contributed by atoms with Crippen LogP contribution in [0.25, 0.3) is 0 Å². The van der Waals surface area contributed by atoms with Crippen LogP contribution in [-0.2, 0) is 22.8 Å². The average Bonchev–Trinajstić information content (AvgIpc) is 2.94. The number of carbonyl (C=O) groups is 3. The quantitative estimate of drug-likeness (QED) is 0.650. The van der Waals surface area contributed by atoms with E-state index in [1.165, 1.54) is 36.9 Å². The molecule has 26 heavy (non-hydrogen) atoms. The normalized spacial score (nSPS) is 11.1. The fourth-order valence-corrected chi connectivity index (χ4v) is 2.14. The first-order valence-electron chi connectivity index (χ1n) is 7.39. The highest BCUT2D eigenvalue weighted by atomic mass is 19.4. The predicted octanol–water partition coefficient (Wildman–Crippen LogP) is 3.04. The number of esters is 1. The van der Waals surface area contributed by atoms with Crippen LogP contribution >= 0.6 is 0 Å². The van der Waals surface area contributed by atoms with E-state index in [-0.39, 0.29) is 17.2 Å². The molecule has 1 amide bonds. The monoisotopic (exact) mass is 368 g/mol. The summed E-state index contributed by atoms with van der Waals surface area (Å²) in [5.74, 6) is -1.86. The van der Waals surface area contributed by atoms with Crippen LogP contribution in [0.15, 0.2) is 36.5 Å². The molecule has 9 heteroatoms. The number of rotatable bonds is 5. The fourth-order valence-electron chi connectivity index (χ4n) is 2.14. The largest absolute Gasteiger partial charge is 0.451 e. The Balaban J connectivity index is 1.97. The summed E-state index contributed by atoms with van der Waals surface area (Å²) in [5, 5.41) is 2.22. The second-order valence-electron chi connectivity index (χ2n) is 5.48. The molecule has 0 bridgehead atoms. The number of carbonyl (C=O) groups excluding carboxylic acids is 3. The molecule has 0 fully saturated rings. The van der Waals surface area contributed by atoms with Gasteiger partial charge >= 0.3 is 12.1 Å². The molecule has 138 valence electrons. The maximum absolute atomic E-state index is 12.6. The van der Waals surface area contributed by atoms with Crippen molar-refractivity contribution >= 4 is 23.3 Å². The van der Waals surface area contributed by atoms with Crippen molar-refractivity contribution in [2.24, 2.45) is 7.05 Å². The van der Waals surface area contributed by atoms with Gasteiger partial charge in [0, 0.05) is 24.5 Å². The van der Waals surface area contributed by atoms with Gasteiger partial charge in [0.05, 0.1) is 5.56 Å². The Morgan fingerprint density at radius 1 is 1.19 bits per heavy atom. The lowest BCUT2D eigenvalue weighted by Gasteiger charge is -2.10. The fraction of sp³-hybridized carbons (Fsp3) is 0.235. The minimum absolute atomic E-state index is 0.0707. The van der Waals surface area contributed by atoms with Gasteiger partial charge in [0.1, 0.15) is 5.69 Å². The minimum Gasteiger partial charge on any atom is -0.451 e. The van der Waals surface area contributed by atoms with E-state index in [2.05, 4.69) is 5.32 Å². The van der Waals surface area contributed by atoms with Crippen molar-refractivity contribution in [3.8, 4) is 0 Å². The lowest BCUT2D eigenvalue weighted by molar-refractivity contribution is -0.137. The Bertz CT molecular complexity index is 856. The van der Waals surface area contributed by atoms with Gasteiger partial charge in [0.2, 0.25) is 0 Å². The van der Waals surface area contributed by atoms with E-state index < -0.39 is 30.2 Å². The maximum atomic E-state index is 12.6. The first-order valence-corrected chi connectivity index (χ1v) is 7.39. The van der Waals surface area contributed by atoms with Crippen LogP contribution in [-0.4, -0.2) is 28.8 Å². The number of alkyl halides is 3. The third-order valence-corrected chi connectivity index (χ3v) is 3.43. The molecule has 0 aliphatic rings. The molecule has 1 aromatic heterocycles. The van der Waals surface area contributed by atoms with E-state index in [0.717, 1.165) is 18.2 Å². The van der Waals surface area contributed by atoms with Crippen LogP contribution in [0.5, 0.6) is 0 Å². The van der Waals surface area contributed by atoms with Gasteiger partial charge in [-0.1, -0.05) is 6.07 Å². The molecular formula is C17H15F3N2O4. The topological polar surface area (TPSA) is 77.4 Å². The van der Waals surface area contributed by atoms with Crippen molar-refractivity contribution in [1.29, 1.82) is 0 Å². The van der Waals surface area contributed by atoms with Gasteiger partial charge < -0.3 is 14.6 Å². The summed E-state index contributed by atoms with van der Waals surface area (Å²) in [6.45, 7) is 0.655. The molecule has 2 aromatic rings. The number of nitrogens with zero attached hydrogens (tertiary/aromatic N) is 1. The highest BCUT2D eigenvalue weighted by Gasteiger charge is 2.30. The number of ether oxygens (including phenoxy) is 1. The Kier molecular flexibility index (Phi) is 5.49. The first kappa shape index (κ1) is 19.2. The predicted molar refractivity (Wildman–Crippen MR) is 85.8 cm³/mol. The summed E-state index contributed by atoms with van der Waals surface area (Å²) in [6, 6.07) is 5.41. The Morgan fingerprint density at radius 2 is 1.88 bits per heavy atom. The number of Topliss-reactive ketones (excluding diaryl/α,β-unsaturated/α-hetero) is 1. The summed E-state index contributed by atoms with van der Waals surface area (Å²) in [5.41, 5.74) is -0.596. The standard InChI is InChI=1S/C17H15F3N2O4/c1-10(23)11-6-14(22(2)8-11)16(25)26-9-15(24)21-13-5-3-4-12(7-13)17(18,19)20/h3-8H,9H2,1-2H3,(H,21,24). The number of anilines is 1. The SMILES string of the molecule is CC(=O)c1cc(C(=O)OCC(=O)Nc2cccc(C(F)(F)F)c2)n(C)c1. The first-order chi connectivity index (χ1) is 12.1. The molecule has 6 nitrogen and oxygen atoms in total. The number of halogens is 3. The molecule has 1 aromatic carbocycles. The maximum Gasteiger partial charge on any atom is 0.416 e. The Hall–Kier alpha value is -3.10. The molecule has 0 saturated carbocycles. The van der Waals surface area contributed by atoms with Gasteiger partial charge in [0.15, 0.2) is 12.4 Å². The van der Waals surface area contributed by atoms with Crippen LogP contribution in [0.3, 0.4) is 0 Å². The highest BCUT2D eigenvalue weighted by Crippen LogP contribution is 2.30. The van der Waals surface area contributed by atoms with Crippen LogP contribution < -0.4 is 5.32 Å². The van der Waals surface area contributed by atoms with Gasteiger partial charge in [-0.2, -0.15) is 13.2 Å². The summed E-state index contributed by atoms with van der Waals surface area (Å²) in [6.07, 6.45) is -3.09. The molecular weight excluding hydrogens is 353 g/mol. The number of aromatic nitrogens is 1. The third-order valence-electron chi connectivity index (χ3n) is 3.43. The summed E-state index contributed by atoms with van der Waals surface area (Å²) in [7, 11) is 1.53. The zero-order valence-corrected chi connectivity index (χ0v) is 13.9. The van der Waals surface area contributed by atoms with E-state index in [1.807, 2.05) is 0 Å². The van der Waals surface area contributed by atoms with Crippen molar-refractivity contribution in [3.05, 3.63) is 53.3 Å². The van der Waals surface area contributed by atoms with Gasteiger partial charge in [-0.05, 0) is 31.2 Å². The third kappa shape index (κ3) is 4.71. The molecule has 2 rings (SSSR count). The number of aryl methyl sites for hydroxylation is 1. The van der Waals surface area contributed by atoms with Crippen molar-refractivity contribution in [3.63, 3.8) is 0 Å². The number of amides is 1. The molecule has 1 heterocycles. The number of hydrogen-bond acceptors (Lipinski definition) is 4. The van der Waals surface area contributed by atoms with E-state index in [4.69, 9.17) is 4.74 Å². The number of hydrogen-bond donors (Lipinski definition) is 1.